The summed E-state index contributed by atoms with van der Waals surface area (Å²) < 4.78 is 6.18. The van der Waals surface area contributed by atoms with Gasteiger partial charge in [-0.3, -0.25) is 9.88 Å². The maximum atomic E-state index is 6.18. The van der Waals surface area contributed by atoms with Crippen molar-refractivity contribution in [1.82, 2.24) is 9.88 Å². The Balaban J connectivity index is 2.34. The maximum absolute atomic E-state index is 6.18. The highest BCUT2D eigenvalue weighted by atomic mass is 28.4. The molecule has 0 N–H and O–H groups in total. The molecule has 0 amide bonds. The fourth-order valence-corrected chi connectivity index (χ4v) is 2.59. The van der Waals surface area contributed by atoms with E-state index in [-0.39, 0.29) is 5.04 Å². The zero-order chi connectivity index (χ0) is 14.5. The SMILES string of the molecule is CN(CCO[Si](C)(C)C(C)(C)C)Cc1cccnc1. The summed E-state index contributed by atoms with van der Waals surface area (Å²) in [6.45, 7) is 14.1. The van der Waals surface area contributed by atoms with Crippen LogP contribution in [0.5, 0.6) is 0 Å². The zero-order valence-electron chi connectivity index (χ0n) is 13.2. The predicted octanol–water partition coefficient (Wildman–Crippen LogP) is 3.54. The van der Waals surface area contributed by atoms with Crippen LogP contribution in [0.2, 0.25) is 18.1 Å². The van der Waals surface area contributed by atoms with Crippen molar-refractivity contribution in [2.75, 3.05) is 20.2 Å². The summed E-state index contributed by atoms with van der Waals surface area (Å²) in [7, 11) is 0.524. The highest BCUT2D eigenvalue weighted by molar-refractivity contribution is 6.74. The highest BCUT2D eigenvalue weighted by Gasteiger charge is 2.36. The van der Waals surface area contributed by atoms with E-state index in [0.717, 1.165) is 19.7 Å². The van der Waals surface area contributed by atoms with Gasteiger partial charge in [-0.25, -0.2) is 0 Å². The first-order valence-corrected chi connectivity index (χ1v) is 9.84. The van der Waals surface area contributed by atoms with E-state index in [1.807, 2.05) is 18.5 Å². The Morgan fingerprint density at radius 3 is 2.53 bits per heavy atom. The van der Waals surface area contributed by atoms with Gasteiger partial charge >= 0.3 is 0 Å². The van der Waals surface area contributed by atoms with Crippen molar-refractivity contribution in [3.63, 3.8) is 0 Å². The first-order chi connectivity index (χ1) is 8.72. The lowest BCUT2D eigenvalue weighted by Gasteiger charge is -2.36. The molecule has 0 radical (unpaired) electrons. The maximum Gasteiger partial charge on any atom is 0.192 e. The quantitative estimate of drug-likeness (QED) is 0.745. The Hall–Kier alpha value is -0.713. The number of hydrogen-bond acceptors (Lipinski definition) is 3. The van der Waals surface area contributed by atoms with Crippen molar-refractivity contribution < 1.29 is 4.43 Å². The standard InChI is InChI=1S/C15H28N2OSi/c1-15(2,3)19(5,6)18-11-10-17(4)13-14-8-7-9-16-12-14/h7-9,12H,10-11,13H2,1-6H3. The Morgan fingerprint density at radius 1 is 1.32 bits per heavy atom. The molecule has 19 heavy (non-hydrogen) atoms. The van der Waals surface area contributed by atoms with Crippen LogP contribution in [0.1, 0.15) is 26.3 Å². The second kappa shape index (κ2) is 6.64. The topological polar surface area (TPSA) is 25.4 Å². The molecular formula is C15H28N2OSi. The third kappa shape index (κ3) is 5.43. The third-order valence-corrected chi connectivity index (χ3v) is 8.46. The molecule has 3 nitrogen and oxygen atoms in total. The molecule has 1 aromatic heterocycles. The lowest BCUT2D eigenvalue weighted by atomic mass is 10.2. The predicted molar refractivity (Wildman–Crippen MR) is 83.7 cm³/mol. The van der Waals surface area contributed by atoms with E-state index in [2.05, 4.69) is 56.9 Å². The van der Waals surface area contributed by atoms with Crippen molar-refractivity contribution >= 4 is 8.32 Å². The number of hydrogen-bond donors (Lipinski definition) is 0. The summed E-state index contributed by atoms with van der Waals surface area (Å²) in [6.07, 6.45) is 3.73. The third-order valence-electron chi connectivity index (χ3n) is 3.92. The van der Waals surface area contributed by atoms with Crippen LogP contribution >= 0.6 is 0 Å². The van der Waals surface area contributed by atoms with Crippen LogP contribution in [0.3, 0.4) is 0 Å². The molecule has 1 rings (SSSR count). The number of likely N-dealkylation sites (N-methyl/N-ethyl adjacent to an activating group) is 1. The van der Waals surface area contributed by atoms with E-state index < -0.39 is 8.32 Å². The first-order valence-electron chi connectivity index (χ1n) is 6.94. The Bertz CT molecular complexity index is 373. The van der Waals surface area contributed by atoms with Crippen LogP contribution < -0.4 is 0 Å². The molecule has 1 aromatic rings. The Labute approximate surface area is 119 Å². The summed E-state index contributed by atoms with van der Waals surface area (Å²) >= 11 is 0. The number of nitrogens with zero attached hydrogens (tertiary/aromatic N) is 2. The molecule has 0 aliphatic rings. The molecule has 0 spiro atoms. The molecule has 0 bridgehead atoms. The summed E-state index contributed by atoms with van der Waals surface area (Å²) in [6, 6.07) is 4.09. The van der Waals surface area contributed by atoms with Gasteiger partial charge in [-0.1, -0.05) is 26.8 Å². The van der Waals surface area contributed by atoms with Crippen molar-refractivity contribution in [3.05, 3.63) is 30.1 Å². The van der Waals surface area contributed by atoms with E-state index in [1.165, 1.54) is 5.56 Å². The molecule has 0 saturated heterocycles. The molecule has 108 valence electrons. The van der Waals surface area contributed by atoms with Gasteiger partial charge in [0.25, 0.3) is 0 Å². The Morgan fingerprint density at radius 2 is 2.00 bits per heavy atom. The van der Waals surface area contributed by atoms with E-state index >= 15 is 0 Å². The van der Waals surface area contributed by atoms with Crippen molar-refractivity contribution in [1.29, 1.82) is 0 Å². The van der Waals surface area contributed by atoms with Gasteiger partial charge < -0.3 is 4.43 Å². The normalized spacial score (nSPS) is 13.0. The summed E-state index contributed by atoms with van der Waals surface area (Å²) in [5, 5.41) is 0.287. The molecule has 0 aliphatic carbocycles. The average Bonchev–Trinajstić information content (AvgIpc) is 2.28. The van der Waals surface area contributed by atoms with Crippen LogP contribution in [0, 0.1) is 0 Å². The first kappa shape index (κ1) is 16.3. The molecule has 1 heterocycles. The summed E-state index contributed by atoms with van der Waals surface area (Å²) in [5.74, 6) is 0. The van der Waals surface area contributed by atoms with Crippen LogP contribution in [0.15, 0.2) is 24.5 Å². The minimum absolute atomic E-state index is 0.287. The second-order valence-corrected chi connectivity index (χ2v) is 11.5. The fraction of sp³-hybridized carbons (Fsp3) is 0.667. The summed E-state index contributed by atoms with van der Waals surface area (Å²) in [5.41, 5.74) is 1.25. The van der Waals surface area contributed by atoms with Crippen LogP contribution in [-0.2, 0) is 11.0 Å². The van der Waals surface area contributed by atoms with Gasteiger partial charge in [0.15, 0.2) is 8.32 Å². The number of pyridine rings is 1. The van der Waals surface area contributed by atoms with Gasteiger partial charge in [0, 0.05) is 32.1 Å². The monoisotopic (exact) mass is 280 g/mol. The summed E-state index contributed by atoms with van der Waals surface area (Å²) in [4.78, 5) is 6.42. The van der Waals surface area contributed by atoms with Gasteiger partial charge in [0.1, 0.15) is 0 Å². The van der Waals surface area contributed by atoms with Crippen molar-refractivity contribution in [3.8, 4) is 0 Å². The number of rotatable bonds is 6. The van der Waals surface area contributed by atoms with Crippen molar-refractivity contribution in [2.24, 2.45) is 0 Å². The average molecular weight is 280 g/mol. The molecular weight excluding hydrogens is 252 g/mol. The number of aromatic nitrogens is 1. The van der Waals surface area contributed by atoms with E-state index in [9.17, 15) is 0 Å². The molecule has 0 atom stereocenters. The minimum atomic E-state index is -1.60. The van der Waals surface area contributed by atoms with Gasteiger partial charge in [-0.15, -0.1) is 0 Å². The molecule has 0 unspecified atom stereocenters. The smallest absolute Gasteiger partial charge is 0.192 e. The van der Waals surface area contributed by atoms with E-state index in [0.29, 0.717) is 0 Å². The highest BCUT2D eigenvalue weighted by Crippen LogP contribution is 2.36. The lowest BCUT2D eigenvalue weighted by molar-refractivity contribution is 0.218. The van der Waals surface area contributed by atoms with Gasteiger partial charge in [-0.05, 0) is 36.8 Å². The lowest BCUT2D eigenvalue weighted by Crippen LogP contribution is -2.42. The van der Waals surface area contributed by atoms with E-state index in [1.54, 1.807) is 0 Å². The minimum Gasteiger partial charge on any atom is -0.416 e. The van der Waals surface area contributed by atoms with E-state index in [4.69, 9.17) is 4.43 Å². The second-order valence-electron chi connectivity index (χ2n) is 6.71. The molecule has 0 aromatic carbocycles. The van der Waals surface area contributed by atoms with Gasteiger partial charge in [-0.2, -0.15) is 0 Å². The molecule has 0 saturated carbocycles. The van der Waals surface area contributed by atoms with Crippen LogP contribution in [-0.4, -0.2) is 38.4 Å². The zero-order valence-corrected chi connectivity index (χ0v) is 14.2. The molecule has 0 fully saturated rings. The van der Waals surface area contributed by atoms with Crippen LogP contribution in [0.4, 0.5) is 0 Å². The van der Waals surface area contributed by atoms with Gasteiger partial charge in [0.05, 0.1) is 0 Å². The Kier molecular flexibility index (Phi) is 5.71. The van der Waals surface area contributed by atoms with Crippen LogP contribution in [0.25, 0.3) is 0 Å². The van der Waals surface area contributed by atoms with Gasteiger partial charge in [0.2, 0.25) is 0 Å². The van der Waals surface area contributed by atoms with Crippen molar-refractivity contribution in [2.45, 2.75) is 45.4 Å². The molecule has 0 aliphatic heterocycles. The molecule has 4 heteroatoms. The fourth-order valence-electron chi connectivity index (χ4n) is 1.56. The largest absolute Gasteiger partial charge is 0.416 e.